The molecule has 0 radical (unpaired) electrons. The molecular weight excluding hydrogens is 276 g/mol. The molecule has 1 fully saturated rings. The van der Waals surface area contributed by atoms with Gasteiger partial charge in [-0.1, -0.05) is 12.8 Å². The molecule has 0 aromatic heterocycles. The second-order valence-corrected chi connectivity index (χ2v) is 6.79. The van der Waals surface area contributed by atoms with Crippen molar-refractivity contribution in [1.29, 1.82) is 0 Å². The van der Waals surface area contributed by atoms with Crippen molar-refractivity contribution >= 4 is 17.7 Å². The van der Waals surface area contributed by atoms with Gasteiger partial charge >= 0.3 is 6.09 Å². The summed E-state index contributed by atoms with van der Waals surface area (Å²) in [5.41, 5.74) is -0.406. The molecule has 1 rings (SSSR count). The maximum atomic E-state index is 11.9. The van der Waals surface area contributed by atoms with Crippen molar-refractivity contribution in [2.45, 2.75) is 52.1 Å². The van der Waals surface area contributed by atoms with Gasteiger partial charge in [-0.2, -0.15) is 0 Å². The number of hydrogen-bond donors (Lipinski definition) is 0. The van der Waals surface area contributed by atoms with E-state index < -0.39 is 5.60 Å². The van der Waals surface area contributed by atoms with E-state index in [0.29, 0.717) is 0 Å². The molecule has 0 aliphatic carbocycles. The lowest BCUT2D eigenvalue weighted by Gasteiger charge is -2.35. The molecule has 1 aliphatic rings. The summed E-state index contributed by atoms with van der Waals surface area (Å²) in [5, 5.41) is 0. The van der Waals surface area contributed by atoms with Gasteiger partial charge in [-0.25, -0.2) is 4.79 Å². The molecule has 1 saturated heterocycles. The molecular formula is C15H29ClN2O2. The molecule has 1 heterocycles. The van der Waals surface area contributed by atoms with Crippen LogP contribution in [0.15, 0.2) is 0 Å². The third-order valence-corrected chi connectivity index (χ3v) is 3.65. The Bertz CT molecular complexity index is 284. The fraction of sp³-hybridized carbons (Fsp3) is 0.933. The average Bonchev–Trinajstić information content (AvgIpc) is 2.37. The first-order valence-electron chi connectivity index (χ1n) is 7.68. The number of halogens is 1. The zero-order chi connectivity index (χ0) is 15.0. The maximum Gasteiger partial charge on any atom is 0.410 e. The summed E-state index contributed by atoms with van der Waals surface area (Å²) in [6, 6.07) is 0. The topological polar surface area (TPSA) is 32.8 Å². The van der Waals surface area contributed by atoms with Gasteiger partial charge in [0.25, 0.3) is 0 Å². The smallest absolute Gasteiger partial charge is 0.410 e. The van der Waals surface area contributed by atoms with E-state index in [-0.39, 0.29) is 6.09 Å². The van der Waals surface area contributed by atoms with E-state index in [1.54, 1.807) is 0 Å². The molecule has 0 unspecified atom stereocenters. The SMILES string of the molecule is CC(C)(C)OC(=O)N1CCN(CCCCCCCl)CC1. The van der Waals surface area contributed by atoms with Crippen molar-refractivity contribution in [3.05, 3.63) is 0 Å². The van der Waals surface area contributed by atoms with E-state index in [1.807, 2.05) is 25.7 Å². The second kappa shape index (κ2) is 8.73. The van der Waals surface area contributed by atoms with Gasteiger partial charge in [-0.3, -0.25) is 4.90 Å². The van der Waals surface area contributed by atoms with Crippen molar-refractivity contribution in [1.82, 2.24) is 9.80 Å². The number of carbonyl (C=O) groups excluding carboxylic acids is 1. The molecule has 1 aliphatic heterocycles. The molecule has 0 atom stereocenters. The minimum Gasteiger partial charge on any atom is -0.444 e. The number of unbranched alkanes of at least 4 members (excludes halogenated alkanes) is 3. The zero-order valence-electron chi connectivity index (χ0n) is 13.2. The van der Waals surface area contributed by atoms with Crippen molar-refractivity contribution in [2.24, 2.45) is 0 Å². The molecule has 0 saturated carbocycles. The van der Waals surface area contributed by atoms with Crippen LogP contribution in [0.25, 0.3) is 0 Å². The number of piperazine rings is 1. The molecule has 4 nitrogen and oxygen atoms in total. The summed E-state index contributed by atoms with van der Waals surface area (Å²) < 4.78 is 5.39. The highest BCUT2D eigenvalue weighted by atomic mass is 35.5. The van der Waals surface area contributed by atoms with E-state index in [1.165, 1.54) is 19.3 Å². The summed E-state index contributed by atoms with van der Waals surface area (Å²) in [4.78, 5) is 16.2. The highest BCUT2D eigenvalue weighted by Gasteiger charge is 2.25. The Morgan fingerprint density at radius 2 is 1.65 bits per heavy atom. The third kappa shape index (κ3) is 7.34. The van der Waals surface area contributed by atoms with Gasteiger partial charge in [0.15, 0.2) is 0 Å². The highest BCUT2D eigenvalue weighted by Crippen LogP contribution is 2.12. The molecule has 5 heteroatoms. The van der Waals surface area contributed by atoms with Crippen LogP contribution in [0.3, 0.4) is 0 Å². The standard InChI is InChI=1S/C15H29ClN2O2/c1-15(2,3)20-14(19)18-12-10-17(11-13-18)9-7-5-4-6-8-16/h4-13H2,1-3H3. The Kier molecular flexibility index (Phi) is 7.67. The number of carbonyl (C=O) groups is 1. The molecule has 0 bridgehead atoms. The Hall–Kier alpha value is -0.480. The minimum absolute atomic E-state index is 0.181. The summed E-state index contributed by atoms with van der Waals surface area (Å²) in [5.74, 6) is 0.772. The molecule has 0 N–H and O–H groups in total. The van der Waals surface area contributed by atoms with Gasteiger partial charge in [0.2, 0.25) is 0 Å². The Balaban J connectivity index is 2.15. The molecule has 1 amide bonds. The first-order valence-corrected chi connectivity index (χ1v) is 8.22. The van der Waals surface area contributed by atoms with Crippen molar-refractivity contribution < 1.29 is 9.53 Å². The van der Waals surface area contributed by atoms with Gasteiger partial charge < -0.3 is 9.64 Å². The van der Waals surface area contributed by atoms with Crippen LogP contribution in [0.2, 0.25) is 0 Å². The first-order chi connectivity index (χ1) is 9.42. The Morgan fingerprint density at radius 1 is 1.05 bits per heavy atom. The molecule has 0 aromatic carbocycles. The van der Waals surface area contributed by atoms with Crippen molar-refractivity contribution in [2.75, 3.05) is 38.6 Å². The van der Waals surface area contributed by atoms with Crippen LogP contribution in [0.1, 0.15) is 46.5 Å². The van der Waals surface area contributed by atoms with Gasteiger partial charge in [0, 0.05) is 32.1 Å². The van der Waals surface area contributed by atoms with Crippen LogP contribution in [0, 0.1) is 0 Å². The molecule has 0 aromatic rings. The lowest BCUT2D eigenvalue weighted by atomic mass is 10.2. The number of alkyl halides is 1. The number of ether oxygens (including phenoxy) is 1. The number of rotatable bonds is 6. The summed E-state index contributed by atoms with van der Waals surface area (Å²) >= 11 is 5.66. The predicted molar refractivity (Wildman–Crippen MR) is 83.4 cm³/mol. The number of hydrogen-bond acceptors (Lipinski definition) is 3. The first kappa shape index (κ1) is 17.6. The van der Waals surface area contributed by atoms with E-state index >= 15 is 0 Å². The fourth-order valence-corrected chi connectivity index (χ4v) is 2.45. The quantitative estimate of drug-likeness (QED) is 0.557. The number of amides is 1. The highest BCUT2D eigenvalue weighted by molar-refractivity contribution is 6.17. The number of nitrogens with zero attached hydrogens (tertiary/aromatic N) is 2. The van der Waals surface area contributed by atoms with E-state index in [0.717, 1.165) is 45.0 Å². The lowest BCUT2D eigenvalue weighted by Crippen LogP contribution is -2.50. The third-order valence-electron chi connectivity index (χ3n) is 3.38. The predicted octanol–water partition coefficient (Wildman–Crippen LogP) is 3.34. The van der Waals surface area contributed by atoms with Crippen molar-refractivity contribution in [3.8, 4) is 0 Å². The van der Waals surface area contributed by atoms with Crippen LogP contribution in [0.5, 0.6) is 0 Å². The van der Waals surface area contributed by atoms with E-state index in [2.05, 4.69) is 4.90 Å². The van der Waals surface area contributed by atoms with Crippen LogP contribution < -0.4 is 0 Å². The normalized spacial score (nSPS) is 17.3. The maximum absolute atomic E-state index is 11.9. The fourth-order valence-electron chi connectivity index (χ4n) is 2.26. The van der Waals surface area contributed by atoms with Gasteiger partial charge in [-0.05, 0) is 40.2 Å². The van der Waals surface area contributed by atoms with Crippen LogP contribution in [-0.2, 0) is 4.74 Å². The van der Waals surface area contributed by atoms with Gasteiger partial charge in [0.05, 0.1) is 0 Å². The summed E-state index contributed by atoms with van der Waals surface area (Å²) in [7, 11) is 0. The Labute approximate surface area is 128 Å². The average molecular weight is 305 g/mol. The largest absolute Gasteiger partial charge is 0.444 e. The second-order valence-electron chi connectivity index (χ2n) is 6.41. The molecule has 20 heavy (non-hydrogen) atoms. The zero-order valence-corrected chi connectivity index (χ0v) is 13.9. The minimum atomic E-state index is -0.406. The van der Waals surface area contributed by atoms with E-state index in [9.17, 15) is 4.79 Å². The van der Waals surface area contributed by atoms with Crippen LogP contribution >= 0.6 is 11.6 Å². The van der Waals surface area contributed by atoms with Crippen molar-refractivity contribution in [3.63, 3.8) is 0 Å². The van der Waals surface area contributed by atoms with Crippen LogP contribution in [0.4, 0.5) is 4.79 Å². The van der Waals surface area contributed by atoms with Crippen LogP contribution in [-0.4, -0.2) is 60.1 Å². The summed E-state index contributed by atoms with van der Waals surface area (Å²) in [6.45, 7) is 10.3. The Morgan fingerprint density at radius 3 is 2.20 bits per heavy atom. The molecule has 0 spiro atoms. The lowest BCUT2D eigenvalue weighted by molar-refractivity contribution is 0.0144. The molecule has 118 valence electrons. The van der Waals surface area contributed by atoms with Gasteiger partial charge in [-0.15, -0.1) is 11.6 Å². The van der Waals surface area contributed by atoms with Gasteiger partial charge in [0.1, 0.15) is 5.60 Å². The van der Waals surface area contributed by atoms with E-state index in [4.69, 9.17) is 16.3 Å². The summed E-state index contributed by atoms with van der Waals surface area (Å²) in [6.07, 6.45) is 4.64. The monoisotopic (exact) mass is 304 g/mol.